The van der Waals surface area contributed by atoms with Crippen LogP contribution in [-0.2, 0) is 9.47 Å². The molecule has 0 bridgehead atoms. The molecule has 2 unspecified atom stereocenters. The van der Waals surface area contributed by atoms with E-state index in [1.807, 2.05) is 24.3 Å². The van der Waals surface area contributed by atoms with Crippen LogP contribution in [0.4, 0.5) is 0 Å². The van der Waals surface area contributed by atoms with Crippen LogP contribution >= 0.6 is 0 Å². The first-order valence-electron chi connectivity index (χ1n) is 7.33. The fourth-order valence-electron chi connectivity index (χ4n) is 2.96. The molecule has 4 heteroatoms. The van der Waals surface area contributed by atoms with Crippen molar-refractivity contribution in [1.82, 2.24) is 0 Å². The van der Waals surface area contributed by atoms with Crippen LogP contribution in [0.1, 0.15) is 37.9 Å². The van der Waals surface area contributed by atoms with Gasteiger partial charge in [0.05, 0.1) is 24.9 Å². The van der Waals surface area contributed by atoms with Crippen LogP contribution in [0.3, 0.4) is 0 Å². The van der Waals surface area contributed by atoms with Crippen molar-refractivity contribution in [1.29, 1.82) is 0 Å². The van der Waals surface area contributed by atoms with E-state index in [9.17, 15) is 5.11 Å². The fraction of sp³-hybridized carbons (Fsp3) is 0.625. The average Bonchev–Trinajstić information content (AvgIpc) is 2.87. The second-order valence-electron chi connectivity index (χ2n) is 5.81. The Labute approximate surface area is 119 Å². The lowest BCUT2D eigenvalue weighted by Crippen LogP contribution is -2.44. The van der Waals surface area contributed by atoms with Crippen molar-refractivity contribution in [2.75, 3.05) is 19.8 Å². The highest BCUT2D eigenvalue weighted by Gasteiger charge is 2.41. The average molecular weight is 278 g/mol. The quantitative estimate of drug-likeness (QED) is 0.922. The lowest BCUT2D eigenvalue weighted by atomic mass is 9.91. The third-order valence-corrected chi connectivity index (χ3v) is 4.18. The SMILES string of the molecule is C[C@H](O)c1ccc(OC2CCOC3(CCOC3)C2)cc1. The zero-order chi connectivity index (χ0) is 14.0. The smallest absolute Gasteiger partial charge is 0.119 e. The number of aliphatic hydroxyl groups is 1. The Morgan fingerprint density at radius 3 is 2.75 bits per heavy atom. The molecule has 1 spiro atoms. The second-order valence-corrected chi connectivity index (χ2v) is 5.81. The zero-order valence-electron chi connectivity index (χ0n) is 11.9. The van der Waals surface area contributed by atoms with E-state index in [1.54, 1.807) is 6.92 Å². The third kappa shape index (κ3) is 2.97. The minimum absolute atomic E-state index is 0.123. The highest BCUT2D eigenvalue weighted by molar-refractivity contribution is 5.28. The van der Waals surface area contributed by atoms with Gasteiger partial charge in [0.1, 0.15) is 11.9 Å². The van der Waals surface area contributed by atoms with E-state index in [1.165, 1.54) is 0 Å². The molecule has 2 saturated heterocycles. The Morgan fingerprint density at radius 1 is 1.30 bits per heavy atom. The van der Waals surface area contributed by atoms with E-state index in [-0.39, 0.29) is 11.7 Å². The van der Waals surface area contributed by atoms with Gasteiger partial charge >= 0.3 is 0 Å². The van der Waals surface area contributed by atoms with Crippen LogP contribution in [0.2, 0.25) is 0 Å². The molecule has 0 aromatic heterocycles. The van der Waals surface area contributed by atoms with E-state index >= 15 is 0 Å². The van der Waals surface area contributed by atoms with Gasteiger partial charge in [0.2, 0.25) is 0 Å². The normalized spacial score (nSPS) is 31.4. The Bertz CT molecular complexity index is 434. The first kappa shape index (κ1) is 13.9. The molecule has 0 radical (unpaired) electrons. The predicted molar refractivity (Wildman–Crippen MR) is 74.8 cm³/mol. The van der Waals surface area contributed by atoms with Gasteiger partial charge in [-0.15, -0.1) is 0 Å². The number of benzene rings is 1. The van der Waals surface area contributed by atoms with E-state index in [0.717, 1.165) is 43.8 Å². The molecule has 110 valence electrons. The van der Waals surface area contributed by atoms with Crippen LogP contribution in [-0.4, -0.2) is 36.6 Å². The third-order valence-electron chi connectivity index (χ3n) is 4.18. The lowest BCUT2D eigenvalue weighted by molar-refractivity contribution is -0.112. The highest BCUT2D eigenvalue weighted by Crippen LogP contribution is 2.34. The standard InChI is InChI=1S/C16H22O4/c1-12(17)13-2-4-14(5-3-13)20-15-6-8-19-16(10-15)7-9-18-11-16/h2-5,12,15,17H,6-11H2,1H3/t12-,15?,16?/m0/s1. The summed E-state index contributed by atoms with van der Waals surface area (Å²) < 4.78 is 17.4. The maximum absolute atomic E-state index is 9.50. The molecule has 0 amide bonds. The molecular formula is C16H22O4. The highest BCUT2D eigenvalue weighted by atomic mass is 16.6. The van der Waals surface area contributed by atoms with Crippen molar-refractivity contribution in [3.8, 4) is 5.75 Å². The Balaban J connectivity index is 1.62. The summed E-state index contributed by atoms with van der Waals surface area (Å²) in [6.45, 7) is 3.97. The van der Waals surface area contributed by atoms with Crippen LogP contribution in [0.5, 0.6) is 5.75 Å². The van der Waals surface area contributed by atoms with E-state index in [0.29, 0.717) is 6.61 Å². The minimum atomic E-state index is -0.439. The molecule has 2 aliphatic heterocycles. The topological polar surface area (TPSA) is 47.9 Å². The zero-order valence-corrected chi connectivity index (χ0v) is 11.9. The van der Waals surface area contributed by atoms with Crippen molar-refractivity contribution >= 4 is 0 Å². The molecule has 2 heterocycles. The number of hydrogen-bond acceptors (Lipinski definition) is 4. The first-order valence-corrected chi connectivity index (χ1v) is 7.33. The summed E-state index contributed by atoms with van der Waals surface area (Å²) in [7, 11) is 0. The summed E-state index contributed by atoms with van der Waals surface area (Å²) in [4.78, 5) is 0. The number of ether oxygens (including phenoxy) is 3. The number of aliphatic hydroxyl groups excluding tert-OH is 1. The fourth-order valence-corrected chi connectivity index (χ4v) is 2.96. The second kappa shape index (κ2) is 5.72. The van der Waals surface area contributed by atoms with E-state index in [4.69, 9.17) is 14.2 Å². The number of hydrogen-bond donors (Lipinski definition) is 1. The van der Waals surface area contributed by atoms with Crippen molar-refractivity contribution in [2.45, 2.75) is 44.0 Å². The van der Waals surface area contributed by atoms with Gasteiger partial charge in [0.15, 0.2) is 0 Å². The molecular weight excluding hydrogens is 256 g/mol. The Hall–Kier alpha value is -1.10. The van der Waals surface area contributed by atoms with Crippen molar-refractivity contribution in [3.05, 3.63) is 29.8 Å². The molecule has 0 saturated carbocycles. The largest absolute Gasteiger partial charge is 0.490 e. The van der Waals surface area contributed by atoms with Crippen molar-refractivity contribution in [2.24, 2.45) is 0 Å². The lowest BCUT2D eigenvalue weighted by Gasteiger charge is -2.37. The van der Waals surface area contributed by atoms with Crippen LogP contribution in [0.15, 0.2) is 24.3 Å². The maximum atomic E-state index is 9.50. The van der Waals surface area contributed by atoms with E-state index in [2.05, 4.69) is 0 Å². The molecule has 2 aliphatic rings. The van der Waals surface area contributed by atoms with E-state index < -0.39 is 6.10 Å². The summed E-state index contributed by atoms with van der Waals surface area (Å²) >= 11 is 0. The molecule has 0 aliphatic carbocycles. The van der Waals surface area contributed by atoms with Gasteiger partial charge in [0, 0.05) is 25.9 Å². The molecule has 2 fully saturated rings. The molecule has 4 nitrogen and oxygen atoms in total. The van der Waals surface area contributed by atoms with Gasteiger partial charge < -0.3 is 19.3 Å². The van der Waals surface area contributed by atoms with Gasteiger partial charge in [-0.1, -0.05) is 12.1 Å². The maximum Gasteiger partial charge on any atom is 0.119 e. The summed E-state index contributed by atoms with van der Waals surface area (Å²) in [6.07, 6.45) is 2.52. The van der Waals surface area contributed by atoms with Gasteiger partial charge in [-0.3, -0.25) is 0 Å². The Morgan fingerprint density at radius 2 is 2.10 bits per heavy atom. The molecule has 3 rings (SSSR count). The monoisotopic (exact) mass is 278 g/mol. The van der Waals surface area contributed by atoms with Crippen molar-refractivity contribution in [3.63, 3.8) is 0 Å². The predicted octanol–water partition coefficient (Wildman–Crippen LogP) is 2.46. The molecule has 20 heavy (non-hydrogen) atoms. The molecule has 1 aromatic rings. The minimum Gasteiger partial charge on any atom is -0.490 e. The van der Waals surface area contributed by atoms with Gasteiger partial charge in [-0.2, -0.15) is 0 Å². The molecule has 1 aromatic carbocycles. The van der Waals surface area contributed by atoms with Gasteiger partial charge in [-0.05, 0) is 24.6 Å². The van der Waals surface area contributed by atoms with Crippen LogP contribution in [0, 0.1) is 0 Å². The molecule has 3 atom stereocenters. The Kier molecular flexibility index (Phi) is 3.96. The van der Waals surface area contributed by atoms with Gasteiger partial charge in [-0.25, -0.2) is 0 Å². The van der Waals surface area contributed by atoms with Crippen LogP contribution in [0.25, 0.3) is 0 Å². The van der Waals surface area contributed by atoms with Crippen LogP contribution < -0.4 is 4.74 Å². The molecule has 1 N–H and O–H groups in total. The summed E-state index contributed by atoms with van der Waals surface area (Å²) in [5, 5.41) is 9.50. The summed E-state index contributed by atoms with van der Waals surface area (Å²) in [5.74, 6) is 0.857. The summed E-state index contributed by atoms with van der Waals surface area (Å²) in [5.41, 5.74) is 0.785. The summed E-state index contributed by atoms with van der Waals surface area (Å²) in [6, 6.07) is 7.67. The van der Waals surface area contributed by atoms with Gasteiger partial charge in [0.25, 0.3) is 0 Å². The van der Waals surface area contributed by atoms with Crippen molar-refractivity contribution < 1.29 is 19.3 Å². The number of rotatable bonds is 3. The first-order chi connectivity index (χ1) is 9.67.